The number of halogens is 1. The van der Waals surface area contributed by atoms with Gasteiger partial charge < -0.3 is 15.8 Å². The van der Waals surface area contributed by atoms with Crippen molar-refractivity contribution < 1.29 is 9.53 Å². The van der Waals surface area contributed by atoms with Gasteiger partial charge in [-0.3, -0.25) is 9.69 Å². The van der Waals surface area contributed by atoms with Crippen LogP contribution in [0.3, 0.4) is 0 Å². The van der Waals surface area contributed by atoms with Crippen molar-refractivity contribution in [1.29, 1.82) is 0 Å². The number of nitrogens with zero attached hydrogens (tertiary/aromatic N) is 1. The number of hydrogen-bond acceptors (Lipinski definition) is 4. The van der Waals surface area contributed by atoms with Crippen LogP contribution in [0.4, 0.5) is 5.69 Å². The van der Waals surface area contributed by atoms with Gasteiger partial charge in [-0.1, -0.05) is 18.6 Å². The maximum Gasteiger partial charge on any atom is 0.238 e. The smallest absolute Gasteiger partial charge is 0.238 e. The number of benzene rings is 1. The second-order valence-corrected chi connectivity index (χ2v) is 5.33. The van der Waals surface area contributed by atoms with Gasteiger partial charge in [0.15, 0.2) is 0 Å². The van der Waals surface area contributed by atoms with Crippen LogP contribution in [0.5, 0.6) is 5.75 Å². The average molecular weight is 328 g/mol. The number of hydrogen-bond donors (Lipinski definition) is 2. The van der Waals surface area contributed by atoms with Crippen LogP contribution in [0, 0.1) is 0 Å². The van der Waals surface area contributed by atoms with Crippen LogP contribution in [0.25, 0.3) is 0 Å². The first kappa shape index (κ1) is 18.7. The largest absolute Gasteiger partial charge is 0.492 e. The maximum absolute atomic E-state index is 12.2. The monoisotopic (exact) mass is 327 g/mol. The van der Waals surface area contributed by atoms with E-state index >= 15 is 0 Å². The van der Waals surface area contributed by atoms with Crippen molar-refractivity contribution in [3.8, 4) is 5.75 Å². The van der Waals surface area contributed by atoms with Crippen molar-refractivity contribution in [2.75, 3.05) is 31.6 Å². The highest BCUT2D eigenvalue weighted by atomic mass is 35.5. The molecular weight excluding hydrogens is 302 g/mol. The summed E-state index contributed by atoms with van der Waals surface area (Å²) >= 11 is 0. The normalized spacial score (nSPS) is 18.4. The lowest BCUT2D eigenvalue weighted by Crippen LogP contribution is -2.47. The van der Waals surface area contributed by atoms with Gasteiger partial charge in [0.2, 0.25) is 5.91 Å². The van der Waals surface area contributed by atoms with Crippen LogP contribution in [-0.4, -0.2) is 43.1 Å². The van der Waals surface area contributed by atoms with Crippen LogP contribution in [0.1, 0.15) is 26.2 Å². The van der Waals surface area contributed by atoms with E-state index in [2.05, 4.69) is 10.2 Å². The van der Waals surface area contributed by atoms with Gasteiger partial charge in [-0.2, -0.15) is 0 Å². The van der Waals surface area contributed by atoms with E-state index < -0.39 is 0 Å². The van der Waals surface area contributed by atoms with Crippen molar-refractivity contribution >= 4 is 24.0 Å². The standard InChI is InChI=1S/C16H25N3O2.ClH/c1-2-21-15-9-4-3-8-14(15)18-16(20)12-19-10-6-5-7-13(19)11-17;/h3-4,8-9,13H,2,5-7,10-12,17H2,1H3,(H,18,20);1H. The SMILES string of the molecule is CCOc1ccccc1NC(=O)CN1CCCCC1CN.Cl. The van der Waals surface area contributed by atoms with E-state index in [1.165, 1.54) is 6.42 Å². The third-order valence-corrected chi connectivity index (χ3v) is 3.83. The Labute approximate surface area is 138 Å². The molecule has 3 N–H and O–H groups in total. The molecule has 1 saturated heterocycles. The highest BCUT2D eigenvalue weighted by molar-refractivity contribution is 5.93. The predicted molar refractivity (Wildman–Crippen MR) is 91.8 cm³/mol. The zero-order valence-electron chi connectivity index (χ0n) is 13.1. The molecule has 0 aliphatic carbocycles. The molecule has 1 fully saturated rings. The second-order valence-electron chi connectivity index (χ2n) is 5.33. The molecule has 5 nitrogen and oxygen atoms in total. The van der Waals surface area contributed by atoms with E-state index in [1.807, 2.05) is 31.2 Å². The topological polar surface area (TPSA) is 67.6 Å². The number of carbonyl (C=O) groups excluding carboxylic acids is 1. The Balaban J connectivity index is 0.00000242. The van der Waals surface area contributed by atoms with Crippen molar-refractivity contribution in [3.05, 3.63) is 24.3 Å². The number of carbonyl (C=O) groups is 1. The quantitative estimate of drug-likeness (QED) is 0.841. The van der Waals surface area contributed by atoms with Crippen LogP contribution in [-0.2, 0) is 4.79 Å². The molecule has 1 atom stereocenters. The number of rotatable bonds is 6. The minimum absolute atomic E-state index is 0. The van der Waals surface area contributed by atoms with Gasteiger partial charge in [-0.25, -0.2) is 0 Å². The predicted octanol–water partition coefficient (Wildman–Crippen LogP) is 2.26. The Morgan fingerprint density at radius 3 is 2.91 bits per heavy atom. The lowest BCUT2D eigenvalue weighted by atomic mass is 10.0. The van der Waals surface area contributed by atoms with Gasteiger partial charge in [-0.05, 0) is 38.4 Å². The zero-order valence-corrected chi connectivity index (χ0v) is 13.9. The molecule has 2 rings (SSSR count). The molecular formula is C16H26ClN3O2. The molecule has 1 unspecified atom stereocenters. The molecule has 1 amide bonds. The zero-order chi connectivity index (χ0) is 15.1. The number of anilines is 1. The molecule has 1 aliphatic rings. The molecule has 0 saturated carbocycles. The van der Waals surface area contributed by atoms with Gasteiger partial charge in [0.1, 0.15) is 5.75 Å². The molecule has 1 aliphatic heterocycles. The van der Waals surface area contributed by atoms with Crippen LogP contribution >= 0.6 is 12.4 Å². The van der Waals surface area contributed by atoms with Gasteiger partial charge in [0.05, 0.1) is 18.8 Å². The van der Waals surface area contributed by atoms with E-state index in [0.717, 1.165) is 25.1 Å². The van der Waals surface area contributed by atoms with Gasteiger partial charge in [0.25, 0.3) is 0 Å². The first-order valence-electron chi connectivity index (χ1n) is 7.70. The van der Waals surface area contributed by atoms with Crippen LogP contribution in [0.15, 0.2) is 24.3 Å². The first-order valence-corrected chi connectivity index (χ1v) is 7.70. The molecule has 1 aromatic carbocycles. The number of ether oxygens (including phenoxy) is 1. The summed E-state index contributed by atoms with van der Waals surface area (Å²) in [6.45, 7) is 4.46. The lowest BCUT2D eigenvalue weighted by Gasteiger charge is -2.34. The second kappa shape index (κ2) is 9.66. The number of likely N-dealkylation sites (tertiary alicyclic amines) is 1. The number of nitrogens with one attached hydrogen (secondary N) is 1. The Hall–Kier alpha value is -1.30. The number of piperidine rings is 1. The van der Waals surface area contributed by atoms with E-state index in [4.69, 9.17) is 10.5 Å². The Bertz CT molecular complexity index is 470. The summed E-state index contributed by atoms with van der Waals surface area (Å²) in [6.07, 6.45) is 3.42. The van der Waals surface area contributed by atoms with Crippen molar-refractivity contribution in [3.63, 3.8) is 0 Å². The molecule has 0 bridgehead atoms. The van der Waals surface area contributed by atoms with Crippen LogP contribution in [0.2, 0.25) is 0 Å². The van der Waals surface area contributed by atoms with E-state index in [9.17, 15) is 4.79 Å². The minimum atomic E-state index is -0.0116. The molecule has 6 heteroatoms. The highest BCUT2D eigenvalue weighted by Gasteiger charge is 2.23. The molecule has 0 spiro atoms. The Kier molecular flexibility index (Phi) is 8.24. The van der Waals surface area contributed by atoms with E-state index in [1.54, 1.807) is 0 Å². The van der Waals surface area contributed by atoms with Gasteiger partial charge >= 0.3 is 0 Å². The lowest BCUT2D eigenvalue weighted by molar-refractivity contribution is -0.118. The number of nitrogens with two attached hydrogens (primary N) is 1. The molecule has 0 radical (unpaired) electrons. The molecule has 1 heterocycles. The summed E-state index contributed by atoms with van der Waals surface area (Å²) < 4.78 is 5.52. The van der Waals surface area contributed by atoms with Gasteiger partial charge in [-0.15, -0.1) is 12.4 Å². The summed E-state index contributed by atoms with van der Waals surface area (Å²) in [5.41, 5.74) is 6.52. The fourth-order valence-electron chi connectivity index (χ4n) is 2.76. The third kappa shape index (κ3) is 5.16. The molecule has 0 aromatic heterocycles. The summed E-state index contributed by atoms with van der Waals surface area (Å²) in [4.78, 5) is 14.4. The first-order chi connectivity index (χ1) is 10.2. The van der Waals surface area contributed by atoms with Crippen molar-refractivity contribution in [2.24, 2.45) is 5.73 Å². The van der Waals surface area contributed by atoms with E-state index in [0.29, 0.717) is 31.5 Å². The van der Waals surface area contributed by atoms with Crippen molar-refractivity contribution in [2.45, 2.75) is 32.2 Å². The maximum atomic E-state index is 12.2. The molecule has 1 aromatic rings. The molecule has 22 heavy (non-hydrogen) atoms. The molecule has 124 valence electrons. The minimum Gasteiger partial charge on any atom is -0.492 e. The fraction of sp³-hybridized carbons (Fsp3) is 0.562. The Morgan fingerprint density at radius 2 is 2.18 bits per heavy atom. The van der Waals surface area contributed by atoms with Crippen molar-refractivity contribution in [1.82, 2.24) is 4.90 Å². The Morgan fingerprint density at radius 1 is 1.41 bits per heavy atom. The number of amides is 1. The van der Waals surface area contributed by atoms with Crippen LogP contribution < -0.4 is 15.8 Å². The summed E-state index contributed by atoms with van der Waals surface area (Å²) in [6, 6.07) is 7.84. The average Bonchev–Trinajstić information content (AvgIpc) is 2.50. The summed E-state index contributed by atoms with van der Waals surface area (Å²) in [7, 11) is 0. The van der Waals surface area contributed by atoms with E-state index in [-0.39, 0.29) is 18.3 Å². The highest BCUT2D eigenvalue weighted by Crippen LogP contribution is 2.24. The summed E-state index contributed by atoms with van der Waals surface area (Å²) in [5, 5.41) is 2.94. The summed E-state index contributed by atoms with van der Waals surface area (Å²) in [5.74, 6) is 0.699. The van der Waals surface area contributed by atoms with Gasteiger partial charge in [0, 0.05) is 12.6 Å². The number of para-hydroxylation sites is 2. The third-order valence-electron chi connectivity index (χ3n) is 3.83. The fourth-order valence-corrected chi connectivity index (χ4v) is 2.76.